The van der Waals surface area contributed by atoms with E-state index in [0.29, 0.717) is 0 Å². The Morgan fingerprint density at radius 1 is 1.17 bits per heavy atom. The molecule has 1 saturated carbocycles. The van der Waals surface area contributed by atoms with Crippen LogP contribution in [0.5, 0.6) is 0 Å². The highest BCUT2D eigenvalue weighted by Gasteiger charge is 2.20. The van der Waals surface area contributed by atoms with Gasteiger partial charge in [0, 0.05) is 36.3 Å². The molecule has 130 valence electrons. The SMILES string of the molecule is Cc1nc(CCN2CCOCC2)c2cc(C3CCCCC3)sc2n1. The normalized spacial score (nSPS) is 20.7. The minimum Gasteiger partial charge on any atom is -0.379 e. The van der Waals surface area contributed by atoms with Crippen molar-refractivity contribution in [3.05, 3.63) is 22.5 Å². The van der Waals surface area contributed by atoms with Crippen LogP contribution in [-0.2, 0) is 11.2 Å². The molecular formula is C19H27N3OS. The first kappa shape index (κ1) is 16.4. The molecule has 2 aromatic rings. The lowest BCUT2D eigenvalue weighted by atomic mass is 9.88. The van der Waals surface area contributed by atoms with Crippen molar-refractivity contribution in [3.63, 3.8) is 0 Å². The summed E-state index contributed by atoms with van der Waals surface area (Å²) in [6, 6.07) is 2.41. The van der Waals surface area contributed by atoms with E-state index in [9.17, 15) is 0 Å². The molecule has 0 atom stereocenters. The number of hydrogen-bond acceptors (Lipinski definition) is 5. The number of nitrogens with zero attached hydrogens (tertiary/aromatic N) is 3. The van der Waals surface area contributed by atoms with Gasteiger partial charge in [-0.05, 0) is 31.7 Å². The summed E-state index contributed by atoms with van der Waals surface area (Å²) in [5.74, 6) is 1.67. The van der Waals surface area contributed by atoms with Gasteiger partial charge in [0.05, 0.1) is 18.9 Å². The lowest BCUT2D eigenvalue weighted by Gasteiger charge is -2.26. The topological polar surface area (TPSA) is 38.2 Å². The lowest BCUT2D eigenvalue weighted by Crippen LogP contribution is -2.37. The molecule has 0 amide bonds. The molecule has 4 rings (SSSR count). The molecule has 0 radical (unpaired) electrons. The minimum atomic E-state index is 0.755. The summed E-state index contributed by atoms with van der Waals surface area (Å²) in [6.07, 6.45) is 7.89. The number of hydrogen-bond donors (Lipinski definition) is 0. The monoisotopic (exact) mass is 345 g/mol. The first-order chi connectivity index (χ1) is 11.8. The summed E-state index contributed by atoms with van der Waals surface area (Å²) in [4.78, 5) is 14.7. The van der Waals surface area contributed by atoms with Gasteiger partial charge in [0.25, 0.3) is 0 Å². The maximum atomic E-state index is 5.45. The Hall–Kier alpha value is -1.04. The summed E-state index contributed by atoms with van der Waals surface area (Å²) in [7, 11) is 0. The lowest BCUT2D eigenvalue weighted by molar-refractivity contribution is 0.0384. The fourth-order valence-electron chi connectivity index (χ4n) is 3.99. The van der Waals surface area contributed by atoms with E-state index in [1.807, 2.05) is 18.3 Å². The molecule has 3 heterocycles. The second-order valence-corrected chi connectivity index (χ2v) is 8.19. The van der Waals surface area contributed by atoms with Crippen LogP contribution < -0.4 is 0 Å². The van der Waals surface area contributed by atoms with Crippen molar-refractivity contribution < 1.29 is 4.74 Å². The quantitative estimate of drug-likeness (QED) is 0.842. The standard InChI is InChI=1S/C19H27N3OS/c1-14-20-17(7-8-22-9-11-23-12-10-22)16-13-18(24-19(16)21-14)15-5-3-2-4-6-15/h13,15H,2-12H2,1H3. The first-order valence-electron chi connectivity index (χ1n) is 9.36. The van der Waals surface area contributed by atoms with Crippen LogP contribution in [-0.4, -0.2) is 47.7 Å². The van der Waals surface area contributed by atoms with Gasteiger partial charge in [0.1, 0.15) is 10.7 Å². The van der Waals surface area contributed by atoms with Crippen LogP contribution in [0.3, 0.4) is 0 Å². The van der Waals surface area contributed by atoms with Gasteiger partial charge < -0.3 is 4.74 Å². The Morgan fingerprint density at radius 3 is 2.75 bits per heavy atom. The zero-order valence-corrected chi connectivity index (χ0v) is 15.4. The fourth-order valence-corrected chi connectivity index (χ4v) is 5.25. The summed E-state index contributed by atoms with van der Waals surface area (Å²) in [5.41, 5.74) is 1.24. The van der Waals surface area contributed by atoms with Crippen molar-refractivity contribution in [1.82, 2.24) is 14.9 Å². The summed E-state index contributed by atoms with van der Waals surface area (Å²) in [5, 5.41) is 1.31. The van der Waals surface area contributed by atoms with E-state index in [-0.39, 0.29) is 0 Å². The maximum absolute atomic E-state index is 5.45. The molecule has 1 aliphatic heterocycles. The van der Waals surface area contributed by atoms with E-state index in [1.54, 1.807) is 0 Å². The highest BCUT2D eigenvalue weighted by molar-refractivity contribution is 7.18. The second-order valence-electron chi connectivity index (χ2n) is 7.12. The third kappa shape index (κ3) is 3.63. The number of ether oxygens (including phenoxy) is 1. The predicted molar refractivity (Wildman–Crippen MR) is 98.9 cm³/mol. The van der Waals surface area contributed by atoms with Crippen molar-refractivity contribution in [3.8, 4) is 0 Å². The molecule has 5 heteroatoms. The number of aromatic nitrogens is 2. The Morgan fingerprint density at radius 2 is 1.96 bits per heavy atom. The van der Waals surface area contributed by atoms with E-state index in [0.717, 1.165) is 51.0 Å². The van der Waals surface area contributed by atoms with Gasteiger partial charge in [-0.2, -0.15) is 0 Å². The van der Waals surface area contributed by atoms with Gasteiger partial charge in [0.2, 0.25) is 0 Å². The smallest absolute Gasteiger partial charge is 0.127 e. The van der Waals surface area contributed by atoms with E-state index < -0.39 is 0 Å². The van der Waals surface area contributed by atoms with Gasteiger partial charge in [-0.15, -0.1) is 11.3 Å². The highest BCUT2D eigenvalue weighted by atomic mass is 32.1. The van der Waals surface area contributed by atoms with Crippen molar-refractivity contribution in [2.24, 2.45) is 0 Å². The number of fused-ring (bicyclic) bond motifs is 1. The molecule has 0 spiro atoms. The molecule has 0 bridgehead atoms. The molecule has 2 aliphatic rings. The molecule has 0 unspecified atom stereocenters. The molecule has 2 aromatic heterocycles. The largest absolute Gasteiger partial charge is 0.379 e. The Bertz CT molecular complexity index is 687. The third-order valence-electron chi connectivity index (χ3n) is 5.38. The van der Waals surface area contributed by atoms with Crippen molar-refractivity contribution >= 4 is 21.6 Å². The Balaban J connectivity index is 1.55. The zero-order valence-electron chi connectivity index (χ0n) is 14.6. The Kier molecular flexibility index (Phi) is 5.11. The van der Waals surface area contributed by atoms with Gasteiger partial charge in [0.15, 0.2) is 0 Å². The summed E-state index contributed by atoms with van der Waals surface area (Å²) in [6.45, 7) is 6.92. The number of morpholine rings is 1. The van der Waals surface area contributed by atoms with E-state index in [1.165, 1.54) is 52.9 Å². The average Bonchev–Trinajstić information content (AvgIpc) is 3.05. The Labute approximate surface area is 148 Å². The predicted octanol–water partition coefficient (Wildman–Crippen LogP) is 3.92. The van der Waals surface area contributed by atoms with Crippen LogP contribution >= 0.6 is 11.3 Å². The van der Waals surface area contributed by atoms with Gasteiger partial charge in [-0.1, -0.05) is 19.3 Å². The molecule has 24 heavy (non-hydrogen) atoms. The van der Waals surface area contributed by atoms with Gasteiger partial charge in [-0.25, -0.2) is 9.97 Å². The zero-order chi connectivity index (χ0) is 16.4. The minimum absolute atomic E-state index is 0.755. The maximum Gasteiger partial charge on any atom is 0.127 e. The summed E-state index contributed by atoms with van der Waals surface area (Å²) < 4.78 is 5.45. The van der Waals surface area contributed by atoms with Crippen LogP contribution in [0, 0.1) is 6.92 Å². The van der Waals surface area contributed by atoms with Crippen molar-refractivity contribution in [2.45, 2.75) is 51.4 Å². The number of thiophene rings is 1. The van der Waals surface area contributed by atoms with Crippen LogP contribution in [0.15, 0.2) is 6.07 Å². The second kappa shape index (κ2) is 7.46. The highest BCUT2D eigenvalue weighted by Crippen LogP contribution is 2.39. The van der Waals surface area contributed by atoms with Crippen molar-refractivity contribution in [2.75, 3.05) is 32.8 Å². The number of rotatable bonds is 4. The molecule has 1 saturated heterocycles. The van der Waals surface area contributed by atoms with Crippen LogP contribution in [0.2, 0.25) is 0 Å². The van der Waals surface area contributed by atoms with Gasteiger partial charge in [-0.3, -0.25) is 4.90 Å². The molecule has 0 aromatic carbocycles. The van der Waals surface area contributed by atoms with Crippen molar-refractivity contribution in [1.29, 1.82) is 0 Å². The van der Waals surface area contributed by atoms with Crippen LogP contribution in [0.1, 0.15) is 54.4 Å². The molecule has 4 nitrogen and oxygen atoms in total. The van der Waals surface area contributed by atoms with E-state index in [4.69, 9.17) is 14.7 Å². The third-order valence-corrected chi connectivity index (χ3v) is 6.57. The first-order valence-corrected chi connectivity index (χ1v) is 10.2. The fraction of sp³-hybridized carbons (Fsp3) is 0.684. The molecular weight excluding hydrogens is 318 g/mol. The van der Waals surface area contributed by atoms with E-state index >= 15 is 0 Å². The van der Waals surface area contributed by atoms with Crippen LogP contribution in [0.4, 0.5) is 0 Å². The molecule has 0 N–H and O–H groups in total. The summed E-state index contributed by atoms with van der Waals surface area (Å²) >= 11 is 1.91. The number of aryl methyl sites for hydroxylation is 1. The average molecular weight is 346 g/mol. The van der Waals surface area contributed by atoms with E-state index in [2.05, 4.69) is 11.0 Å². The molecule has 2 fully saturated rings. The van der Waals surface area contributed by atoms with Gasteiger partial charge >= 0.3 is 0 Å². The molecule has 1 aliphatic carbocycles. The van der Waals surface area contributed by atoms with Crippen LogP contribution in [0.25, 0.3) is 10.2 Å².